The van der Waals surface area contributed by atoms with Gasteiger partial charge in [-0.3, -0.25) is 4.79 Å². The summed E-state index contributed by atoms with van der Waals surface area (Å²) in [5.41, 5.74) is 4.12. The molecule has 1 aromatic heterocycles. The lowest BCUT2D eigenvalue weighted by Crippen LogP contribution is -2.22. The van der Waals surface area contributed by atoms with Crippen molar-refractivity contribution >= 4 is 22.9 Å². The van der Waals surface area contributed by atoms with Crippen LogP contribution in [0.15, 0.2) is 53.9 Å². The molecular formula is C24H25NO3S. The number of ether oxygens (including phenoxy) is 2. The number of anilines is 1. The van der Waals surface area contributed by atoms with E-state index in [1.54, 1.807) is 18.4 Å². The first-order valence-electron chi connectivity index (χ1n) is 9.98. The average molecular weight is 408 g/mol. The van der Waals surface area contributed by atoms with Crippen LogP contribution in [0, 0.1) is 0 Å². The van der Waals surface area contributed by atoms with Crippen LogP contribution in [-0.4, -0.2) is 19.6 Å². The summed E-state index contributed by atoms with van der Waals surface area (Å²) in [6.45, 7) is 2.85. The first-order chi connectivity index (χ1) is 14.2. The largest absolute Gasteiger partial charge is 0.497 e. The minimum Gasteiger partial charge on any atom is -0.497 e. The van der Waals surface area contributed by atoms with Crippen LogP contribution in [0.25, 0.3) is 11.1 Å². The van der Waals surface area contributed by atoms with Crippen molar-refractivity contribution in [2.24, 2.45) is 0 Å². The summed E-state index contributed by atoms with van der Waals surface area (Å²) in [5.74, 6) is 1.75. The van der Waals surface area contributed by atoms with E-state index in [1.807, 2.05) is 42.5 Å². The van der Waals surface area contributed by atoms with E-state index in [2.05, 4.69) is 23.7 Å². The predicted octanol–water partition coefficient (Wildman–Crippen LogP) is 6.08. The van der Waals surface area contributed by atoms with Crippen LogP contribution in [0.4, 0.5) is 5.69 Å². The summed E-state index contributed by atoms with van der Waals surface area (Å²) in [7, 11) is 1.66. The van der Waals surface area contributed by atoms with Crippen molar-refractivity contribution in [3.05, 3.63) is 64.4 Å². The molecule has 1 amide bonds. The Morgan fingerprint density at radius 2 is 1.93 bits per heavy atom. The van der Waals surface area contributed by atoms with E-state index in [9.17, 15) is 4.79 Å². The lowest BCUT2D eigenvalue weighted by atomic mass is 9.88. The van der Waals surface area contributed by atoms with E-state index >= 15 is 0 Å². The molecule has 0 fully saturated rings. The summed E-state index contributed by atoms with van der Waals surface area (Å²) in [6, 6.07) is 16.0. The van der Waals surface area contributed by atoms with Gasteiger partial charge in [0.25, 0.3) is 0 Å². The van der Waals surface area contributed by atoms with Crippen molar-refractivity contribution in [3.8, 4) is 22.6 Å². The number of thiophene rings is 1. The number of para-hydroxylation sites is 1. The Labute approximate surface area is 175 Å². The van der Waals surface area contributed by atoms with Gasteiger partial charge in [0.15, 0.2) is 0 Å². The number of fused-ring (bicyclic) bond motifs is 1. The zero-order chi connectivity index (χ0) is 20.2. The number of methoxy groups -OCH3 is 1. The van der Waals surface area contributed by atoms with Crippen LogP contribution < -0.4 is 14.8 Å². The van der Waals surface area contributed by atoms with Crippen LogP contribution in [0.1, 0.15) is 42.5 Å². The fourth-order valence-electron chi connectivity index (χ4n) is 3.69. The van der Waals surface area contributed by atoms with Crippen molar-refractivity contribution < 1.29 is 14.3 Å². The number of rotatable bonds is 7. The topological polar surface area (TPSA) is 47.6 Å². The van der Waals surface area contributed by atoms with Crippen LogP contribution in [0.2, 0.25) is 0 Å². The van der Waals surface area contributed by atoms with Gasteiger partial charge in [-0.05, 0) is 30.2 Å². The van der Waals surface area contributed by atoms with Gasteiger partial charge >= 0.3 is 0 Å². The fourth-order valence-corrected chi connectivity index (χ4v) is 4.84. The smallest absolute Gasteiger partial charge is 0.225 e. The van der Waals surface area contributed by atoms with Gasteiger partial charge in [-0.1, -0.05) is 43.7 Å². The number of hydrogen-bond acceptors (Lipinski definition) is 4. The van der Waals surface area contributed by atoms with E-state index in [1.165, 1.54) is 4.88 Å². The molecule has 0 saturated carbocycles. The molecule has 5 heteroatoms. The van der Waals surface area contributed by atoms with Crippen LogP contribution in [0.3, 0.4) is 0 Å². The van der Waals surface area contributed by atoms with Gasteiger partial charge in [-0.2, -0.15) is 0 Å². The SMILES string of the molecule is CCCCOc1ccccc1[C@@H]1CC(=O)Nc2c(-c3ccc(OC)cc3)csc21. The van der Waals surface area contributed by atoms with Gasteiger partial charge in [0.2, 0.25) is 5.91 Å². The predicted molar refractivity (Wildman–Crippen MR) is 118 cm³/mol. The van der Waals surface area contributed by atoms with E-state index in [0.717, 1.165) is 46.7 Å². The quantitative estimate of drug-likeness (QED) is 0.483. The third-order valence-corrected chi connectivity index (χ3v) is 6.34. The molecule has 0 spiro atoms. The molecule has 29 heavy (non-hydrogen) atoms. The standard InChI is InChI=1S/C24H25NO3S/c1-3-4-13-28-21-8-6-5-7-18(21)19-14-22(26)25-23-20(15-29-24(19)23)16-9-11-17(27-2)12-10-16/h5-12,15,19H,3-4,13-14H2,1-2H3,(H,25,26)/t19-/m0/s1. The zero-order valence-corrected chi connectivity index (χ0v) is 17.6. The molecule has 1 N–H and O–H groups in total. The first kappa shape index (κ1) is 19.5. The highest BCUT2D eigenvalue weighted by Crippen LogP contribution is 2.48. The minimum atomic E-state index is 0.00794. The molecule has 0 unspecified atom stereocenters. The maximum absolute atomic E-state index is 12.6. The highest BCUT2D eigenvalue weighted by atomic mass is 32.1. The summed E-state index contributed by atoms with van der Waals surface area (Å²) >= 11 is 1.70. The van der Waals surface area contributed by atoms with Gasteiger partial charge in [-0.25, -0.2) is 0 Å². The number of hydrogen-bond donors (Lipinski definition) is 1. The highest BCUT2D eigenvalue weighted by Gasteiger charge is 2.32. The van der Waals surface area contributed by atoms with Crippen molar-refractivity contribution in [2.45, 2.75) is 32.1 Å². The maximum Gasteiger partial charge on any atom is 0.225 e. The number of benzene rings is 2. The van der Waals surface area contributed by atoms with Gasteiger partial charge in [-0.15, -0.1) is 11.3 Å². The number of amides is 1. The third kappa shape index (κ3) is 4.01. The lowest BCUT2D eigenvalue weighted by molar-refractivity contribution is -0.116. The van der Waals surface area contributed by atoms with E-state index in [0.29, 0.717) is 13.0 Å². The van der Waals surface area contributed by atoms with E-state index in [-0.39, 0.29) is 11.8 Å². The van der Waals surface area contributed by atoms with E-state index < -0.39 is 0 Å². The Bertz CT molecular complexity index is 994. The Balaban J connectivity index is 1.71. The number of nitrogens with one attached hydrogen (secondary N) is 1. The molecule has 4 nitrogen and oxygen atoms in total. The molecule has 0 radical (unpaired) electrons. The molecule has 2 aromatic carbocycles. The minimum absolute atomic E-state index is 0.00794. The summed E-state index contributed by atoms with van der Waals surface area (Å²) < 4.78 is 11.3. The Morgan fingerprint density at radius 1 is 1.14 bits per heavy atom. The van der Waals surface area contributed by atoms with Gasteiger partial charge < -0.3 is 14.8 Å². The molecule has 1 atom stereocenters. The first-order valence-corrected chi connectivity index (χ1v) is 10.9. The highest BCUT2D eigenvalue weighted by molar-refractivity contribution is 7.11. The van der Waals surface area contributed by atoms with Crippen molar-refractivity contribution in [1.29, 1.82) is 0 Å². The van der Waals surface area contributed by atoms with Gasteiger partial charge in [0, 0.05) is 33.7 Å². The second-order valence-corrected chi connectivity index (χ2v) is 8.07. The molecule has 0 saturated heterocycles. The molecular weight excluding hydrogens is 382 g/mol. The number of unbranched alkanes of at least 4 members (excludes halogenated alkanes) is 1. The van der Waals surface area contributed by atoms with Crippen molar-refractivity contribution in [3.63, 3.8) is 0 Å². The van der Waals surface area contributed by atoms with Gasteiger partial charge in [0.1, 0.15) is 11.5 Å². The van der Waals surface area contributed by atoms with Crippen molar-refractivity contribution in [2.75, 3.05) is 19.0 Å². The fraction of sp³-hybridized carbons (Fsp3) is 0.292. The third-order valence-electron chi connectivity index (χ3n) is 5.24. The average Bonchev–Trinajstić information content (AvgIpc) is 3.17. The molecule has 1 aliphatic rings. The molecule has 150 valence electrons. The summed E-state index contributed by atoms with van der Waals surface area (Å²) in [5, 5.41) is 5.24. The van der Waals surface area contributed by atoms with Crippen molar-refractivity contribution in [1.82, 2.24) is 0 Å². The lowest BCUT2D eigenvalue weighted by Gasteiger charge is -2.25. The Hall–Kier alpha value is -2.79. The second kappa shape index (κ2) is 8.70. The maximum atomic E-state index is 12.6. The zero-order valence-electron chi connectivity index (χ0n) is 16.7. The Morgan fingerprint density at radius 3 is 2.69 bits per heavy atom. The van der Waals surface area contributed by atoms with E-state index in [4.69, 9.17) is 9.47 Å². The molecule has 3 aromatic rings. The summed E-state index contributed by atoms with van der Waals surface area (Å²) in [4.78, 5) is 13.8. The van der Waals surface area contributed by atoms with Crippen LogP contribution in [0.5, 0.6) is 11.5 Å². The molecule has 2 heterocycles. The molecule has 0 aliphatic carbocycles. The van der Waals surface area contributed by atoms with Crippen LogP contribution >= 0.6 is 11.3 Å². The number of carbonyl (C=O) groups is 1. The normalized spacial score (nSPS) is 15.5. The molecule has 0 bridgehead atoms. The Kier molecular flexibility index (Phi) is 5.86. The monoisotopic (exact) mass is 407 g/mol. The van der Waals surface area contributed by atoms with Crippen LogP contribution in [-0.2, 0) is 4.79 Å². The molecule has 1 aliphatic heterocycles. The van der Waals surface area contributed by atoms with Gasteiger partial charge in [0.05, 0.1) is 19.4 Å². The number of carbonyl (C=O) groups excluding carboxylic acids is 1. The second-order valence-electron chi connectivity index (χ2n) is 7.16. The molecule has 4 rings (SSSR count). The summed E-state index contributed by atoms with van der Waals surface area (Å²) in [6.07, 6.45) is 2.55.